The summed E-state index contributed by atoms with van der Waals surface area (Å²) in [5.74, 6) is -0.131. The first-order valence-electron chi connectivity index (χ1n) is 4.70. The standard InChI is InChI=1S/C10H10F3NOS/c1-16-9-4-6-2-3-14-7(6)5-8(9)15-10(11,12)13/h4-5,14H,2-3H2,1H3. The summed E-state index contributed by atoms with van der Waals surface area (Å²) in [5.41, 5.74) is 1.77. The van der Waals surface area contributed by atoms with E-state index in [1.165, 1.54) is 17.8 Å². The summed E-state index contributed by atoms with van der Waals surface area (Å²) < 4.78 is 40.5. The lowest BCUT2D eigenvalue weighted by molar-refractivity contribution is -0.275. The molecule has 0 radical (unpaired) electrons. The molecule has 0 aromatic heterocycles. The first kappa shape index (κ1) is 11.4. The molecule has 1 aliphatic rings. The van der Waals surface area contributed by atoms with E-state index < -0.39 is 6.36 Å². The Hall–Kier alpha value is -1.04. The number of thioether (sulfide) groups is 1. The molecule has 0 amide bonds. The van der Waals surface area contributed by atoms with Crippen molar-refractivity contribution in [1.82, 2.24) is 0 Å². The minimum absolute atomic E-state index is 0.131. The van der Waals surface area contributed by atoms with Crippen molar-refractivity contribution in [3.8, 4) is 5.75 Å². The minimum Gasteiger partial charge on any atom is -0.405 e. The molecule has 0 fully saturated rings. The van der Waals surface area contributed by atoms with Gasteiger partial charge in [0, 0.05) is 23.2 Å². The van der Waals surface area contributed by atoms with Gasteiger partial charge in [-0.15, -0.1) is 24.9 Å². The lowest BCUT2D eigenvalue weighted by atomic mass is 10.1. The van der Waals surface area contributed by atoms with Crippen molar-refractivity contribution in [2.45, 2.75) is 17.7 Å². The molecule has 0 unspecified atom stereocenters. The lowest BCUT2D eigenvalue weighted by Crippen LogP contribution is -2.17. The first-order chi connectivity index (χ1) is 7.49. The molecular formula is C10H10F3NOS. The van der Waals surface area contributed by atoms with E-state index in [-0.39, 0.29) is 5.75 Å². The van der Waals surface area contributed by atoms with Gasteiger partial charge in [0.1, 0.15) is 5.75 Å². The second-order valence-electron chi connectivity index (χ2n) is 3.38. The number of nitrogens with one attached hydrogen (secondary N) is 1. The number of halogens is 3. The molecule has 1 N–H and O–H groups in total. The van der Waals surface area contributed by atoms with Crippen molar-refractivity contribution in [2.24, 2.45) is 0 Å². The van der Waals surface area contributed by atoms with Crippen LogP contribution in [0.4, 0.5) is 18.9 Å². The van der Waals surface area contributed by atoms with Gasteiger partial charge in [0.15, 0.2) is 0 Å². The van der Waals surface area contributed by atoms with E-state index in [0.717, 1.165) is 24.2 Å². The number of hydrogen-bond donors (Lipinski definition) is 1. The molecule has 0 atom stereocenters. The lowest BCUT2D eigenvalue weighted by Gasteiger charge is -2.13. The number of anilines is 1. The zero-order valence-corrected chi connectivity index (χ0v) is 9.34. The molecule has 1 aromatic rings. The molecule has 0 spiro atoms. The van der Waals surface area contributed by atoms with Crippen molar-refractivity contribution in [2.75, 3.05) is 18.1 Å². The SMILES string of the molecule is CSc1cc2c(cc1OC(F)(F)F)NCC2. The van der Waals surface area contributed by atoms with Crippen LogP contribution in [0.5, 0.6) is 5.75 Å². The predicted octanol–water partition coefficient (Wildman–Crippen LogP) is 3.28. The number of hydrogen-bond acceptors (Lipinski definition) is 3. The minimum atomic E-state index is -4.64. The van der Waals surface area contributed by atoms with Crippen LogP contribution >= 0.6 is 11.8 Å². The zero-order chi connectivity index (χ0) is 11.8. The topological polar surface area (TPSA) is 21.3 Å². The van der Waals surface area contributed by atoms with Crippen LogP contribution in [0.2, 0.25) is 0 Å². The van der Waals surface area contributed by atoms with Gasteiger partial charge >= 0.3 is 6.36 Å². The number of ether oxygens (including phenoxy) is 1. The summed E-state index contributed by atoms with van der Waals surface area (Å²) in [6.45, 7) is 0.763. The number of rotatable bonds is 2. The molecular weight excluding hydrogens is 239 g/mol. The van der Waals surface area contributed by atoms with Crippen LogP contribution < -0.4 is 10.1 Å². The summed E-state index contributed by atoms with van der Waals surface area (Å²) >= 11 is 1.25. The highest BCUT2D eigenvalue weighted by Gasteiger charge is 2.32. The normalized spacial score (nSPS) is 14.5. The van der Waals surface area contributed by atoms with Gasteiger partial charge in [-0.3, -0.25) is 0 Å². The maximum absolute atomic E-state index is 12.2. The quantitative estimate of drug-likeness (QED) is 0.813. The van der Waals surface area contributed by atoms with Crippen molar-refractivity contribution in [3.05, 3.63) is 17.7 Å². The predicted molar refractivity (Wildman–Crippen MR) is 57.1 cm³/mol. The number of benzene rings is 1. The molecule has 0 saturated carbocycles. The van der Waals surface area contributed by atoms with Crippen LogP contribution in [0.3, 0.4) is 0 Å². The second kappa shape index (κ2) is 4.08. The number of alkyl halides is 3. The summed E-state index contributed by atoms with van der Waals surface area (Å²) in [7, 11) is 0. The van der Waals surface area contributed by atoms with E-state index in [4.69, 9.17) is 0 Å². The smallest absolute Gasteiger partial charge is 0.405 e. The Kier molecular flexibility index (Phi) is 2.92. The highest BCUT2D eigenvalue weighted by atomic mass is 32.2. The second-order valence-corrected chi connectivity index (χ2v) is 4.23. The van der Waals surface area contributed by atoms with E-state index in [9.17, 15) is 13.2 Å². The average molecular weight is 249 g/mol. The third-order valence-corrected chi connectivity index (χ3v) is 3.08. The Bertz CT molecular complexity index is 406. The molecule has 0 aliphatic carbocycles. The molecule has 6 heteroatoms. The molecule has 2 rings (SSSR count). The van der Waals surface area contributed by atoms with Gasteiger partial charge < -0.3 is 10.1 Å². The van der Waals surface area contributed by atoms with Gasteiger partial charge in [-0.05, 0) is 24.3 Å². The highest BCUT2D eigenvalue weighted by molar-refractivity contribution is 7.98. The van der Waals surface area contributed by atoms with Crippen molar-refractivity contribution >= 4 is 17.4 Å². The molecule has 1 aliphatic heterocycles. The van der Waals surface area contributed by atoms with E-state index in [1.54, 1.807) is 12.3 Å². The van der Waals surface area contributed by atoms with Gasteiger partial charge in [-0.1, -0.05) is 0 Å². The fraction of sp³-hybridized carbons (Fsp3) is 0.400. The maximum Gasteiger partial charge on any atom is 0.573 e. The fourth-order valence-corrected chi connectivity index (χ4v) is 2.23. The van der Waals surface area contributed by atoms with Gasteiger partial charge in [0.2, 0.25) is 0 Å². The van der Waals surface area contributed by atoms with Gasteiger partial charge in [0.25, 0.3) is 0 Å². The molecule has 16 heavy (non-hydrogen) atoms. The summed E-state index contributed by atoms with van der Waals surface area (Å²) in [4.78, 5) is 0.514. The molecule has 0 saturated heterocycles. The van der Waals surface area contributed by atoms with Gasteiger partial charge in [0.05, 0.1) is 0 Å². The monoisotopic (exact) mass is 249 g/mol. The molecule has 1 aromatic carbocycles. The zero-order valence-electron chi connectivity index (χ0n) is 8.52. The third kappa shape index (κ3) is 2.37. The molecule has 2 nitrogen and oxygen atoms in total. The van der Waals surface area contributed by atoms with Crippen LogP contribution in [0.1, 0.15) is 5.56 Å². The van der Waals surface area contributed by atoms with Crippen LogP contribution in [0.25, 0.3) is 0 Å². The number of fused-ring (bicyclic) bond motifs is 1. The average Bonchev–Trinajstić information content (AvgIpc) is 2.60. The van der Waals surface area contributed by atoms with Crippen LogP contribution in [0, 0.1) is 0 Å². The summed E-state index contributed by atoms with van der Waals surface area (Å²) in [6, 6.07) is 3.17. The molecule has 88 valence electrons. The fourth-order valence-electron chi connectivity index (χ4n) is 1.67. The Balaban J connectivity index is 2.36. The Morgan fingerprint density at radius 2 is 2.12 bits per heavy atom. The van der Waals surface area contributed by atoms with Crippen LogP contribution in [-0.2, 0) is 6.42 Å². The van der Waals surface area contributed by atoms with Gasteiger partial charge in [-0.2, -0.15) is 0 Å². The van der Waals surface area contributed by atoms with Crippen molar-refractivity contribution in [1.29, 1.82) is 0 Å². The Labute approximate surface area is 95.2 Å². The van der Waals surface area contributed by atoms with E-state index >= 15 is 0 Å². The largest absolute Gasteiger partial charge is 0.573 e. The van der Waals surface area contributed by atoms with E-state index in [1.807, 2.05) is 0 Å². The van der Waals surface area contributed by atoms with Crippen molar-refractivity contribution < 1.29 is 17.9 Å². The first-order valence-corrected chi connectivity index (χ1v) is 5.92. The summed E-state index contributed by atoms with van der Waals surface area (Å²) in [6.07, 6.45) is -2.07. The maximum atomic E-state index is 12.2. The molecule has 0 bridgehead atoms. The Morgan fingerprint density at radius 3 is 2.75 bits per heavy atom. The Morgan fingerprint density at radius 1 is 1.38 bits per heavy atom. The highest BCUT2D eigenvalue weighted by Crippen LogP contribution is 2.38. The van der Waals surface area contributed by atoms with Gasteiger partial charge in [-0.25, -0.2) is 0 Å². The van der Waals surface area contributed by atoms with E-state index in [0.29, 0.717) is 4.90 Å². The third-order valence-electron chi connectivity index (χ3n) is 2.32. The van der Waals surface area contributed by atoms with Crippen LogP contribution in [0.15, 0.2) is 17.0 Å². The van der Waals surface area contributed by atoms with E-state index in [2.05, 4.69) is 10.1 Å². The van der Waals surface area contributed by atoms with Crippen molar-refractivity contribution in [3.63, 3.8) is 0 Å². The summed E-state index contributed by atoms with van der Waals surface area (Å²) in [5, 5.41) is 3.02. The molecule has 1 heterocycles. The van der Waals surface area contributed by atoms with Crippen LogP contribution in [-0.4, -0.2) is 19.2 Å².